The topological polar surface area (TPSA) is 169 Å². The summed E-state index contributed by atoms with van der Waals surface area (Å²) in [4.78, 5) is 37.7. The maximum Gasteiger partial charge on any atom is 0.454 e. The molecule has 6 N–H and O–H groups in total. The zero-order valence-electron chi connectivity index (χ0n) is 16.3. The van der Waals surface area contributed by atoms with Crippen molar-refractivity contribution in [2.75, 3.05) is 12.3 Å². The average molecular weight is 476 g/mol. The molecule has 3 atom stereocenters. The van der Waals surface area contributed by atoms with Crippen LogP contribution in [0.25, 0.3) is 0 Å². The molecule has 3 unspecified atom stereocenters. The van der Waals surface area contributed by atoms with Crippen LogP contribution in [0, 0.1) is 11.3 Å². The van der Waals surface area contributed by atoms with Gasteiger partial charge in [0, 0.05) is 18.4 Å². The van der Waals surface area contributed by atoms with Gasteiger partial charge in [-0.3, -0.25) is 14.4 Å². The Morgan fingerprint density at radius 2 is 2.00 bits per heavy atom. The molecule has 1 heterocycles. The van der Waals surface area contributed by atoms with Crippen LogP contribution in [-0.2, 0) is 9.59 Å². The first-order chi connectivity index (χ1) is 14.8. The molecule has 172 valence electrons. The summed E-state index contributed by atoms with van der Waals surface area (Å²) in [7, 11) is -1.90. The summed E-state index contributed by atoms with van der Waals surface area (Å²) in [6.07, 6.45) is -5.69. The van der Waals surface area contributed by atoms with E-state index in [-0.39, 0.29) is 29.2 Å². The molecule has 0 bridgehead atoms. The minimum Gasteiger partial charge on any atom is -0.427 e. The van der Waals surface area contributed by atoms with Crippen LogP contribution in [0.2, 0.25) is 11.3 Å². The number of hydrogen-bond acceptors (Lipinski definition) is 7. The van der Waals surface area contributed by atoms with Crippen molar-refractivity contribution in [1.82, 2.24) is 15.5 Å². The lowest BCUT2D eigenvalue weighted by Gasteiger charge is -2.42. The quantitative estimate of drug-likeness (QED) is 0.265. The first-order valence-corrected chi connectivity index (χ1v) is 9.52. The van der Waals surface area contributed by atoms with E-state index in [2.05, 4.69) is 5.32 Å². The number of carbonyl (C=O) groups is 3. The second-order valence-corrected chi connectivity index (χ2v) is 7.33. The van der Waals surface area contributed by atoms with Crippen molar-refractivity contribution in [3.63, 3.8) is 0 Å². The molecule has 0 aromatic heterocycles. The SMILES string of the molecule is N#CC(CB(O)O)NC(=O)C1CCN1C(=O)C(NC(=O)c1ccc(N)c(Cl)c1)C(F)(F)F. The van der Waals surface area contributed by atoms with Gasteiger partial charge in [-0.05, 0) is 24.6 Å². The number of rotatable bonds is 7. The lowest BCUT2D eigenvalue weighted by atomic mass is 9.82. The Hall–Kier alpha value is -3.02. The van der Waals surface area contributed by atoms with Crippen molar-refractivity contribution in [3.8, 4) is 6.07 Å². The van der Waals surface area contributed by atoms with Crippen molar-refractivity contribution >= 4 is 42.1 Å². The van der Waals surface area contributed by atoms with E-state index in [0.29, 0.717) is 4.90 Å². The second kappa shape index (κ2) is 10.1. The highest BCUT2D eigenvalue weighted by molar-refractivity contribution is 6.41. The zero-order valence-corrected chi connectivity index (χ0v) is 17.0. The summed E-state index contributed by atoms with van der Waals surface area (Å²) >= 11 is 5.77. The van der Waals surface area contributed by atoms with Crippen molar-refractivity contribution in [2.45, 2.75) is 37.0 Å². The first kappa shape index (κ1) is 25.2. The first-order valence-electron chi connectivity index (χ1n) is 9.14. The summed E-state index contributed by atoms with van der Waals surface area (Å²) in [5.74, 6) is -3.73. The van der Waals surface area contributed by atoms with Crippen molar-refractivity contribution < 1.29 is 37.6 Å². The number of alkyl halides is 3. The predicted octanol–water partition coefficient (Wildman–Crippen LogP) is -0.335. The Balaban J connectivity index is 2.13. The summed E-state index contributed by atoms with van der Waals surface area (Å²) in [6, 6.07) is -0.592. The van der Waals surface area contributed by atoms with Crippen LogP contribution in [0.1, 0.15) is 16.8 Å². The van der Waals surface area contributed by atoms with Gasteiger partial charge in [0.15, 0.2) is 0 Å². The summed E-state index contributed by atoms with van der Waals surface area (Å²) in [5, 5.41) is 30.4. The molecule has 1 aliphatic heterocycles. The van der Waals surface area contributed by atoms with Crippen LogP contribution < -0.4 is 16.4 Å². The second-order valence-electron chi connectivity index (χ2n) is 6.93. The molecule has 0 spiro atoms. The summed E-state index contributed by atoms with van der Waals surface area (Å²) in [6.45, 7) is -0.188. The highest BCUT2D eigenvalue weighted by Crippen LogP contribution is 2.27. The fourth-order valence-corrected chi connectivity index (χ4v) is 3.06. The number of amides is 3. The highest BCUT2D eigenvalue weighted by atomic mass is 35.5. The number of carbonyl (C=O) groups excluding carboxylic acids is 3. The van der Waals surface area contributed by atoms with E-state index < -0.39 is 55.5 Å². The third-order valence-corrected chi connectivity index (χ3v) is 4.96. The van der Waals surface area contributed by atoms with Gasteiger partial charge >= 0.3 is 13.3 Å². The van der Waals surface area contributed by atoms with Gasteiger partial charge in [0.1, 0.15) is 12.1 Å². The number of hydrogen-bond donors (Lipinski definition) is 5. The lowest BCUT2D eigenvalue weighted by Crippen LogP contribution is -2.65. The van der Waals surface area contributed by atoms with E-state index in [9.17, 15) is 27.6 Å². The molecule has 3 amide bonds. The lowest BCUT2D eigenvalue weighted by molar-refractivity contribution is -0.180. The molecule has 10 nitrogen and oxygen atoms in total. The maximum absolute atomic E-state index is 13.5. The van der Waals surface area contributed by atoms with Gasteiger partial charge in [0.2, 0.25) is 11.9 Å². The van der Waals surface area contributed by atoms with Crippen molar-refractivity contribution in [3.05, 3.63) is 28.8 Å². The number of nitrogen functional groups attached to an aromatic ring is 1. The van der Waals surface area contributed by atoms with E-state index in [1.54, 1.807) is 11.4 Å². The summed E-state index contributed by atoms with van der Waals surface area (Å²) < 4.78 is 40.6. The normalized spacial score (nSPS) is 17.4. The number of nitrogens with two attached hydrogens (primary N) is 1. The molecule has 2 rings (SSSR count). The van der Waals surface area contributed by atoms with E-state index in [0.717, 1.165) is 12.1 Å². The molecule has 0 aliphatic carbocycles. The minimum atomic E-state index is -5.17. The van der Waals surface area contributed by atoms with E-state index in [1.165, 1.54) is 6.07 Å². The van der Waals surface area contributed by atoms with E-state index in [1.807, 2.05) is 0 Å². The van der Waals surface area contributed by atoms with Crippen LogP contribution in [0.5, 0.6) is 0 Å². The largest absolute Gasteiger partial charge is 0.454 e. The third kappa shape index (κ3) is 6.03. The standard InChI is InChI=1S/C17H18BClF3N5O5/c19-10-5-8(1-2-11(10)24)14(28)26-13(17(20,21)22)16(30)27-4-3-12(27)15(29)25-9(7-23)6-18(31)32/h1-2,5,9,12-13,31-32H,3-4,6,24H2,(H,25,29)(H,26,28). The number of nitrogens with one attached hydrogen (secondary N) is 2. The van der Waals surface area contributed by atoms with Crippen LogP contribution in [0.4, 0.5) is 18.9 Å². The van der Waals surface area contributed by atoms with Crippen LogP contribution >= 0.6 is 11.6 Å². The van der Waals surface area contributed by atoms with Crippen LogP contribution in [0.3, 0.4) is 0 Å². The Morgan fingerprint density at radius 1 is 1.34 bits per heavy atom. The highest BCUT2D eigenvalue weighted by Gasteiger charge is 2.51. The molecule has 15 heteroatoms. The van der Waals surface area contributed by atoms with E-state index >= 15 is 0 Å². The van der Waals surface area contributed by atoms with Crippen molar-refractivity contribution in [1.29, 1.82) is 5.26 Å². The van der Waals surface area contributed by atoms with Gasteiger partial charge in [0.25, 0.3) is 11.8 Å². The van der Waals surface area contributed by atoms with Gasteiger partial charge in [0.05, 0.1) is 16.8 Å². The van der Waals surface area contributed by atoms with Crippen LogP contribution in [0.15, 0.2) is 18.2 Å². The number of anilines is 1. The number of halogens is 4. The Morgan fingerprint density at radius 3 is 2.47 bits per heavy atom. The van der Waals surface area contributed by atoms with Gasteiger partial charge in [-0.25, -0.2) is 0 Å². The summed E-state index contributed by atoms with van der Waals surface area (Å²) in [5.41, 5.74) is 5.34. The van der Waals surface area contributed by atoms with Gasteiger partial charge in [-0.15, -0.1) is 0 Å². The smallest absolute Gasteiger partial charge is 0.427 e. The minimum absolute atomic E-state index is 0.0174. The van der Waals surface area contributed by atoms with Crippen LogP contribution in [-0.4, -0.2) is 70.6 Å². The Kier molecular flexibility index (Phi) is 7.95. The predicted molar refractivity (Wildman–Crippen MR) is 106 cm³/mol. The van der Waals surface area contributed by atoms with Gasteiger partial charge in [-0.2, -0.15) is 18.4 Å². The number of benzene rings is 1. The molecular formula is C17H18BClF3N5O5. The number of nitrogens with zero attached hydrogens (tertiary/aromatic N) is 2. The maximum atomic E-state index is 13.5. The average Bonchev–Trinajstić information content (AvgIpc) is 2.65. The fourth-order valence-electron chi connectivity index (χ4n) is 2.88. The molecule has 1 aromatic carbocycles. The molecule has 1 saturated heterocycles. The molecule has 1 aromatic rings. The molecule has 0 radical (unpaired) electrons. The number of likely N-dealkylation sites (tertiary alicyclic amines) is 1. The van der Waals surface area contributed by atoms with Gasteiger partial charge in [-0.1, -0.05) is 11.6 Å². The zero-order chi connectivity index (χ0) is 24.2. The Bertz CT molecular complexity index is 942. The fraction of sp³-hybridized carbons (Fsp3) is 0.412. The van der Waals surface area contributed by atoms with Crippen molar-refractivity contribution in [2.24, 2.45) is 0 Å². The van der Waals surface area contributed by atoms with E-state index in [4.69, 9.17) is 32.6 Å². The third-order valence-electron chi connectivity index (χ3n) is 4.64. The molecule has 1 fully saturated rings. The molecule has 0 saturated carbocycles. The van der Waals surface area contributed by atoms with Gasteiger partial charge < -0.3 is 31.3 Å². The monoisotopic (exact) mass is 475 g/mol. The Labute approximate surface area is 185 Å². The molecule has 32 heavy (non-hydrogen) atoms. The number of nitriles is 1. The molecule has 1 aliphatic rings. The molecular weight excluding hydrogens is 457 g/mol.